The van der Waals surface area contributed by atoms with Crippen LogP contribution in [0.1, 0.15) is 46.0 Å². The molecule has 12 heavy (non-hydrogen) atoms. The van der Waals surface area contributed by atoms with Crippen LogP contribution >= 0.6 is 0 Å². The Kier molecular flexibility index (Phi) is 10.0. The second-order valence-electron chi connectivity index (χ2n) is 2.90. The molecule has 0 saturated heterocycles. The molecule has 0 fully saturated rings. The smallest absolute Gasteiger partial charge is 0.0319 e. The summed E-state index contributed by atoms with van der Waals surface area (Å²) in [5.74, 6) is 0. The molecule has 0 N–H and O–H groups in total. The monoisotopic (exact) mass is 165 g/mol. The molecule has 0 aromatic heterocycles. The van der Waals surface area contributed by atoms with Crippen LogP contribution in [0.3, 0.4) is 0 Å². The number of allylic oxidation sites excluding steroid dienone is 4. The highest BCUT2D eigenvalue weighted by atomic mass is 13.9. The molecule has 0 saturated carbocycles. The standard InChI is InChI=1S/C12H21/c1-3-5-7-9-11-12-10-8-6-4-2/h3,5-6,8,12H,4,7,9-11H2,1-2H3. The van der Waals surface area contributed by atoms with Gasteiger partial charge in [0.2, 0.25) is 0 Å². The molecule has 0 atom stereocenters. The average Bonchev–Trinajstić information content (AvgIpc) is 2.10. The van der Waals surface area contributed by atoms with Crippen LogP contribution in [0, 0.1) is 6.42 Å². The maximum Gasteiger partial charge on any atom is -0.0319 e. The number of hydrogen-bond donors (Lipinski definition) is 0. The Hall–Kier alpha value is -0.520. The fourth-order valence-corrected chi connectivity index (χ4v) is 1.02. The molecule has 0 aliphatic carbocycles. The highest BCUT2D eigenvalue weighted by molar-refractivity contribution is 4.86. The molecule has 0 aromatic carbocycles. The van der Waals surface area contributed by atoms with Crippen molar-refractivity contribution in [2.45, 2.75) is 46.0 Å². The maximum absolute atomic E-state index is 2.36. The van der Waals surface area contributed by atoms with Crippen molar-refractivity contribution in [3.63, 3.8) is 0 Å². The van der Waals surface area contributed by atoms with E-state index in [0.29, 0.717) is 0 Å². The summed E-state index contributed by atoms with van der Waals surface area (Å²) in [6.07, 6.45) is 17.3. The minimum Gasteiger partial charge on any atom is -0.0917 e. The van der Waals surface area contributed by atoms with Gasteiger partial charge in [-0.05, 0) is 45.4 Å². The third-order valence-electron chi connectivity index (χ3n) is 1.72. The van der Waals surface area contributed by atoms with Crippen LogP contribution in [-0.4, -0.2) is 0 Å². The van der Waals surface area contributed by atoms with Crippen LogP contribution in [0.15, 0.2) is 24.3 Å². The van der Waals surface area contributed by atoms with E-state index in [1.807, 2.05) is 0 Å². The Bertz CT molecular complexity index is 120. The Balaban J connectivity index is 2.95. The van der Waals surface area contributed by atoms with Crippen molar-refractivity contribution in [2.75, 3.05) is 0 Å². The van der Waals surface area contributed by atoms with E-state index in [1.165, 1.54) is 19.3 Å². The molecule has 0 rings (SSSR count). The van der Waals surface area contributed by atoms with Gasteiger partial charge in [0.1, 0.15) is 0 Å². The fraction of sp³-hybridized carbons (Fsp3) is 0.583. The summed E-state index contributed by atoms with van der Waals surface area (Å²) >= 11 is 0. The third kappa shape index (κ3) is 9.48. The first-order chi connectivity index (χ1) is 5.91. The minimum atomic E-state index is 1.14. The van der Waals surface area contributed by atoms with Gasteiger partial charge in [0.05, 0.1) is 0 Å². The summed E-state index contributed by atoms with van der Waals surface area (Å²) in [6.45, 7) is 4.25. The molecule has 0 heterocycles. The normalized spacial score (nSPS) is 11.8. The van der Waals surface area contributed by atoms with Crippen molar-refractivity contribution in [1.29, 1.82) is 0 Å². The van der Waals surface area contributed by atoms with Crippen LogP contribution in [0.25, 0.3) is 0 Å². The number of rotatable bonds is 7. The Morgan fingerprint density at radius 2 is 1.83 bits per heavy atom. The van der Waals surface area contributed by atoms with Crippen molar-refractivity contribution in [3.05, 3.63) is 30.7 Å². The molecular formula is C12H21. The second-order valence-corrected chi connectivity index (χ2v) is 2.90. The van der Waals surface area contributed by atoms with Crippen LogP contribution in [0.2, 0.25) is 0 Å². The van der Waals surface area contributed by atoms with Gasteiger partial charge in [-0.1, -0.05) is 31.2 Å². The fourth-order valence-electron chi connectivity index (χ4n) is 1.02. The Morgan fingerprint density at radius 3 is 2.50 bits per heavy atom. The number of unbranched alkanes of at least 4 members (excludes halogenated alkanes) is 4. The molecule has 1 radical (unpaired) electrons. The van der Waals surface area contributed by atoms with Crippen molar-refractivity contribution < 1.29 is 0 Å². The van der Waals surface area contributed by atoms with Gasteiger partial charge in [-0.2, -0.15) is 0 Å². The van der Waals surface area contributed by atoms with E-state index in [1.54, 1.807) is 0 Å². The maximum atomic E-state index is 2.36. The highest BCUT2D eigenvalue weighted by Crippen LogP contribution is 2.03. The van der Waals surface area contributed by atoms with E-state index in [2.05, 4.69) is 44.6 Å². The topological polar surface area (TPSA) is 0 Å². The van der Waals surface area contributed by atoms with Crippen molar-refractivity contribution in [1.82, 2.24) is 0 Å². The summed E-state index contributed by atoms with van der Waals surface area (Å²) in [7, 11) is 0. The SMILES string of the molecule is CC=CCCC[CH]CC=CCC. The molecule has 0 amide bonds. The molecule has 0 aromatic rings. The summed E-state index contributed by atoms with van der Waals surface area (Å²) in [6, 6.07) is 0. The first-order valence-electron chi connectivity index (χ1n) is 4.99. The molecule has 0 aliphatic rings. The van der Waals surface area contributed by atoms with E-state index in [-0.39, 0.29) is 0 Å². The van der Waals surface area contributed by atoms with Crippen molar-refractivity contribution in [2.24, 2.45) is 0 Å². The molecule has 0 unspecified atom stereocenters. The average molecular weight is 165 g/mol. The van der Waals surface area contributed by atoms with Gasteiger partial charge >= 0.3 is 0 Å². The second kappa shape index (κ2) is 10.5. The minimum absolute atomic E-state index is 1.14. The van der Waals surface area contributed by atoms with Crippen LogP contribution < -0.4 is 0 Å². The zero-order valence-corrected chi connectivity index (χ0v) is 8.42. The largest absolute Gasteiger partial charge is 0.0917 e. The van der Waals surface area contributed by atoms with Crippen molar-refractivity contribution >= 4 is 0 Å². The van der Waals surface area contributed by atoms with Gasteiger partial charge < -0.3 is 0 Å². The molecular weight excluding hydrogens is 144 g/mol. The highest BCUT2D eigenvalue weighted by Gasteiger charge is 1.84. The summed E-state index contributed by atoms with van der Waals surface area (Å²) in [5, 5.41) is 0. The zero-order valence-electron chi connectivity index (χ0n) is 8.42. The Labute approximate surface area is 77.4 Å². The molecule has 0 nitrogen and oxygen atoms in total. The Morgan fingerprint density at radius 1 is 1.00 bits per heavy atom. The van der Waals surface area contributed by atoms with Gasteiger partial charge in [0.25, 0.3) is 0 Å². The van der Waals surface area contributed by atoms with E-state index >= 15 is 0 Å². The lowest BCUT2D eigenvalue weighted by Gasteiger charge is -1.93. The summed E-state index contributed by atoms with van der Waals surface area (Å²) < 4.78 is 0. The van der Waals surface area contributed by atoms with Gasteiger partial charge in [-0.15, -0.1) is 0 Å². The van der Waals surface area contributed by atoms with Gasteiger partial charge in [0, 0.05) is 0 Å². The van der Waals surface area contributed by atoms with Crippen molar-refractivity contribution in [3.8, 4) is 0 Å². The van der Waals surface area contributed by atoms with Gasteiger partial charge in [-0.3, -0.25) is 0 Å². The first-order valence-corrected chi connectivity index (χ1v) is 4.99. The van der Waals surface area contributed by atoms with Crippen LogP contribution in [0.5, 0.6) is 0 Å². The van der Waals surface area contributed by atoms with E-state index in [0.717, 1.165) is 12.8 Å². The van der Waals surface area contributed by atoms with Gasteiger partial charge in [0.15, 0.2) is 0 Å². The third-order valence-corrected chi connectivity index (χ3v) is 1.72. The molecule has 0 spiro atoms. The summed E-state index contributed by atoms with van der Waals surface area (Å²) in [5.41, 5.74) is 0. The van der Waals surface area contributed by atoms with E-state index in [4.69, 9.17) is 0 Å². The molecule has 0 aliphatic heterocycles. The molecule has 0 bridgehead atoms. The predicted octanol–water partition coefficient (Wildman–Crippen LogP) is 4.29. The van der Waals surface area contributed by atoms with E-state index < -0.39 is 0 Å². The number of hydrogen-bond acceptors (Lipinski definition) is 0. The lowest BCUT2D eigenvalue weighted by molar-refractivity contribution is 0.810. The van der Waals surface area contributed by atoms with Crippen LogP contribution in [0.4, 0.5) is 0 Å². The van der Waals surface area contributed by atoms with E-state index in [9.17, 15) is 0 Å². The predicted molar refractivity (Wildman–Crippen MR) is 57.0 cm³/mol. The lowest BCUT2D eigenvalue weighted by atomic mass is 10.1. The van der Waals surface area contributed by atoms with Gasteiger partial charge in [-0.25, -0.2) is 0 Å². The zero-order chi connectivity index (χ0) is 9.07. The molecule has 0 heteroatoms. The first kappa shape index (κ1) is 11.5. The van der Waals surface area contributed by atoms with Crippen LogP contribution in [-0.2, 0) is 0 Å². The lowest BCUT2D eigenvalue weighted by Crippen LogP contribution is -1.75. The quantitative estimate of drug-likeness (QED) is 0.390. The molecule has 69 valence electrons. The summed E-state index contributed by atoms with van der Waals surface area (Å²) in [4.78, 5) is 0.